The van der Waals surface area contributed by atoms with Gasteiger partial charge in [-0.1, -0.05) is 6.42 Å². The Labute approximate surface area is 113 Å². The molecule has 1 aliphatic rings. The minimum Gasteiger partial charge on any atom is -0.352 e. The van der Waals surface area contributed by atoms with E-state index < -0.39 is 0 Å². The molecule has 2 heterocycles. The van der Waals surface area contributed by atoms with Gasteiger partial charge in [-0.3, -0.25) is 9.59 Å². The van der Waals surface area contributed by atoms with Crippen LogP contribution in [0.3, 0.4) is 0 Å². The normalized spacial score (nSPS) is 16.2. The lowest BCUT2D eigenvalue weighted by atomic mass is 10.1. The minimum absolute atomic E-state index is 0.176. The average Bonchev–Trinajstić information content (AvgIpc) is 2.44. The van der Waals surface area contributed by atoms with Crippen molar-refractivity contribution >= 4 is 5.91 Å². The van der Waals surface area contributed by atoms with Crippen molar-refractivity contribution in [2.45, 2.75) is 25.7 Å². The Morgan fingerprint density at radius 3 is 2.84 bits per heavy atom. The molecule has 0 atom stereocenters. The highest BCUT2D eigenvalue weighted by Crippen LogP contribution is 2.08. The van der Waals surface area contributed by atoms with Crippen molar-refractivity contribution in [3.63, 3.8) is 0 Å². The summed E-state index contributed by atoms with van der Waals surface area (Å²) in [4.78, 5) is 27.8. The van der Waals surface area contributed by atoms with E-state index in [1.54, 1.807) is 6.07 Å². The summed E-state index contributed by atoms with van der Waals surface area (Å²) in [6, 6.07) is 2.93. The van der Waals surface area contributed by atoms with E-state index in [0.717, 1.165) is 13.0 Å². The number of nitrogens with zero attached hydrogens (tertiary/aromatic N) is 1. The molecular weight excluding hydrogens is 242 g/mol. The first kappa shape index (κ1) is 13.8. The minimum atomic E-state index is -0.249. The highest BCUT2D eigenvalue weighted by Gasteiger charge is 2.09. The molecule has 5 nitrogen and oxygen atoms in total. The third-order valence-corrected chi connectivity index (χ3v) is 3.42. The van der Waals surface area contributed by atoms with E-state index in [9.17, 15) is 9.59 Å². The van der Waals surface area contributed by atoms with Crippen molar-refractivity contribution in [1.29, 1.82) is 0 Å². The standard InChI is InChI=1S/C14H21N3O2/c18-13-11-12(5-7-15-13)14(19)16-6-4-10-17-8-2-1-3-9-17/h5,7,11H,1-4,6,8-10H2,(H,15,18)(H,16,19). The zero-order valence-electron chi connectivity index (χ0n) is 11.2. The van der Waals surface area contributed by atoms with Crippen LogP contribution in [0.15, 0.2) is 23.1 Å². The summed E-state index contributed by atoms with van der Waals surface area (Å²) in [5.41, 5.74) is 0.169. The molecule has 1 aromatic heterocycles. The Morgan fingerprint density at radius 2 is 2.11 bits per heavy atom. The van der Waals surface area contributed by atoms with Crippen molar-refractivity contribution in [3.05, 3.63) is 34.2 Å². The molecule has 1 saturated heterocycles. The maximum absolute atomic E-state index is 11.8. The summed E-state index contributed by atoms with van der Waals surface area (Å²) in [6.45, 7) is 4.06. The van der Waals surface area contributed by atoms with E-state index in [2.05, 4.69) is 15.2 Å². The largest absolute Gasteiger partial charge is 0.352 e. The molecule has 1 amide bonds. The summed E-state index contributed by atoms with van der Waals surface area (Å²) in [6.07, 6.45) is 6.37. The molecule has 0 aliphatic carbocycles. The van der Waals surface area contributed by atoms with Gasteiger partial charge in [-0.2, -0.15) is 0 Å². The fraction of sp³-hybridized carbons (Fsp3) is 0.571. The molecule has 2 N–H and O–H groups in total. The van der Waals surface area contributed by atoms with Crippen LogP contribution in [0.1, 0.15) is 36.0 Å². The summed E-state index contributed by atoms with van der Waals surface area (Å²) in [5.74, 6) is -0.176. The molecule has 0 bridgehead atoms. The Morgan fingerprint density at radius 1 is 1.32 bits per heavy atom. The summed E-state index contributed by atoms with van der Waals surface area (Å²) in [7, 11) is 0. The van der Waals surface area contributed by atoms with Crippen molar-refractivity contribution in [1.82, 2.24) is 15.2 Å². The van der Waals surface area contributed by atoms with Gasteiger partial charge in [0.25, 0.3) is 5.91 Å². The number of hydrogen-bond donors (Lipinski definition) is 2. The molecule has 2 rings (SSSR count). The van der Waals surface area contributed by atoms with Crippen LogP contribution in [0, 0.1) is 0 Å². The predicted octanol–water partition coefficient (Wildman–Crippen LogP) is 0.981. The number of H-pyrrole nitrogens is 1. The molecule has 104 valence electrons. The van der Waals surface area contributed by atoms with Gasteiger partial charge in [0.2, 0.25) is 5.56 Å². The van der Waals surface area contributed by atoms with Gasteiger partial charge in [0.1, 0.15) is 0 Å². The van der Waals surface area contributed by atoms with Crippen molar-refractivity contribution < 1.29 is 4.79 Å². The van der Waals surface area contributed by atoms with Gasteiger partial charge < -0.3 is 15.2 Å². The second-order valence-corrected chi connectivity index (χ2v) is 4.95. The second kappa shape index (κ2) is 7.09. The topological polar surface area (TPSA) is 65.2 Å². The van der Waals surface area contributed by atoms with Crippen LogP contribution in [-0.4, -0.2) is 42.0 Å². The molecule has 1 aromatic rings. The number of aromatic nitrogens is 1. The summed E-state index contributed by atoms with van der Waals surface area (Å²) >= 11 is 0. The van der Waals surface area contributed by atoms with E-state index in [0.29, 0.717) is 12.1 Å². The number of carbonyl (C=O) groups excluding carboxylic acids is 1. The Bertz CT molecular complexity index is 464. The number of amides is 1. The SMILES string of the molecule is O=C(NCCCN1CCCCC1)c1cc[nH]c(=O)c1. The van der Waals surface area contributed by atoms with Gasteiger partial charge in [0.15, 0.2) is 0 Å². The van der Waals surface area contributed by atoms with E-state index in [1.165, 1.54) is 44.6 Å². The van der Waals surface area contributed by atoms with Gasteiger partial charge in [-0.25, -0.2) is 0 Å². The molecule has 1 aliphatic heterocycles. The first-order valence-electron chi connectivity index (χ1n) is 6.95. The van der Waals surface area contributed by atoms with Crippen molar-refractivity contribution in [2.75, 3.05) is 26.2 Å². The van der Waals surface area contributed by atoms with Gasteiger partial charge in [0.05, 0.1) is 0 Å². The number of piperidine rings is 1. The van der Waals surface area contributed by atoms with Gasteiger partial charge in [-0.05, 0) is 45.0 Å². The van der Waals surface area contributed by atoms with Gasteiger partial charge >= 0.3 is 0 Å². The number of likely N-dealkylation sites (tertiary alicyclic amines) is 1. The Hall–Kier alpha value is -1.62. The van der Waals surface area contributed by atoms with E-state index in [4.69, 9.17) is 0 Å². The van der Waals surface area contributed by atoms with E-state index in [1.807, 2.05) is 0 Å². The van der Waals surface area contributed by atoms with Crippen LogP contribution in [0.4, 0.5) is 0 Å². The van der Waals surface area contributed by atoms with Crippen LogP contribution in [0.5, 0.6) is 0 Å². The lowest BCUT2D eigenvalue weighted by molar-refractivity contribution is 0.0951. The quantitative estimate of drug-likeness (QED) is 0.778. The highest BCUT2D eigenvalue weighted by molar-refractivity contribution is 5.93. The van der Waals surface area contributed by atoms with E-state index >= 15 is 0 Å². The van der Waals surface area contributed by atoms with Crippen LogP contribution in [0.2, 0.25) is 0 Å². The molecule has 5 heteroatoms. The first-order valence-corrected chi connectivity index (χ1v) is 6.95. The molecule has 0 saturated carbocycles. The summed E-state index contributed by atoms with van der Waals surface area (Å²) in [5, 5.41) is 2.85. The van der Waals surface area contributed by atoms with Crippen LogP contribution < -0.4 is 10.9 Å². The third-order valence-electron chi connectivity index (χ3n) is 3.42. The number of aromatic amines is 1. The number of carbonyl (C=O) groups is 1. The monoisotopic (exact) mass is 263 g/mol. The molecular formula is C14H21N3O2. The van der Waals surface area contributed by atoms with Crippen LogP contribution in [0.25, 0.3) is 0 Å². The molecule has 0 aromatic carbocycles. The van der Waals surface area contributed by atoms with Crippen molar-refractivity contribution in [2.24, 2.45) is 0 Å². The van der Waals surface area contributed by atoms with Crippen molar-refractivity contribution in [3.8, 4) is 0 Å². The molecule has 1 fully saturated rings. The Balaban J connectivity index is 1.67. The molecule has 19 heavy (non-hydrogen) atoms. The maximum atomic E-state index is 11.8. The zero-order valence-corrected chi connectivity index (χ0v) is 11.2. The number of pyridine rings is 1. The zero-order chi connectivity index (χ0) is 13.5. The van der Waals surface area contributed by atoms with E-state index in [-0.39, 0.29) is 11.5 Å². The maximum Gasteiger partial charge on any atom is 0.251 e. The third kappa shape index (κ3) is 4.52. The molecule has 0 unspecified atom stereocenters. The number of nitrogens with one attached hydrogen (secondary N) is 2. The fourth-order valence-electron chi connectivity index (χ4n) is 2.38. The van der Waals surface area contributed by atoms with Crippen LogP contribution >= 0.6 is 0 Å². The lowest BCUT2D eigenvalue weighted by Crippen LogP contribution is -2.33. The molecule has 0 spiro atoms. The second-order valence-electron chi connectivity index (χ2n) is 4.95. The Kier molecular flexibility index (Phi) is 5.15. The smallest absolute Gasteiger partial charge is 0.251 e. The van der Waals surface area contributed by atoms with Gasteiger partial charge in [0, 0.05) is 24.4 Å². The molecule has 0 radical (unpaired) electrons. The lowest BCUT2D eigenvalue weighted by Gasteiger charge is -2.26. The average molecular weight is 263 g/mol. The fourth-order valence-corrected chi connectivity index (χ4v) is 2.38. The van der Waals surface area contributed by atoms with Crippen LogP contribution in [-0.2, 0) is 0 Å². The van der Waals surface area contributed by atoms with Gasteiger partial charge in [-0.15, -0.1) is 0 Å². The number of hydrogen-bond acceptors (Lipinski definition) is 3. The predicted molar refractivity (Wildman–Crippen MR) is 74.3 cm³/mol. The summed E-state index contributed by atoms with van der Waals surface area (Å²) < 4.78 is 0. The first-order chi connectivity index (χ1) is 9.25. The number of rotatable bonds is 5. The highest BCUT2D eigenvalue weighted by atomic mass is 16.2.